The number of ether oxygens (including phenoxy) is 10. The van der Waals surface area contributed by atoms with Gasteiger partial charge in [0.25, 0.3) is 0 Å². The highest BCUT2D eigenvalue weighted by Gasteiger charge is 2.64. The summed E-state index contributed by atoms with van der Waals surface area (Å²) < 4.78 is 100. The molecule has 5 heterocycles. The first-order valence-corrected chi connectivity index (χ1v) is 30.9. The lowest BCUT2D eigenvalue weighted by Gasteiger charge is -2.60. The van der Waals surface area contributed by atoms with Crippen LogP contribution in [0, 0.1) is 34.5 Å². The second-order valence-electron chi connectivity index (χ2n) is 26.2. The molecule has 14 N–H and O–H groups in total. The van der Waals surface area contributed by atoms with Crippen molar-refractivity contribution < 1.29 is 136 Å². The van der Waals surface area contributed by atoms with Crippen LogP contribution in [0.1, 0.15) is 107 Å². The molecular formula is C56H90O28S. The summed E-state index contributed by atoms with van der Waals surface area (Å²) in [6.45, 7) is 12.2. The highest BCUT2D eigenvalue weighted by atomic mass is 32.3. The maximum absolute atomic E-state index is 13.1. The Morgan fingerprint density at radius 2 is 1.20 bits per heavy atom. The number of hydrogen-bond donors (Lipinski definition) is 14. The summed E-state index contributed by atoms with van der Waals surface area (Å²) in [7, 11) is -4.89. The lowest BCUT2D eigenvalue weighted by Crippen LogP contribution is -2.67. The molecule has 4 aliphatic carbocycles. The molecule has 33 atom stereocenters. The fourth-order valence-electron chi connectivity index (χ4n) is 15.6. The third-order valence-corrected chi connectivity index (χ3v) is 20.6. The van der Waals surface area contributed by atoms with Gasteiger partial charge in [0.05, 0.1) is 49.3 Å². The number of allylic oxidation sites excluding steroid dienone is 4. The van der Waals surface area contributed by atoms with E-state index >= 15 is 0 Å². The van der Waals surface area contributed by atoms with Gasteiger partial charge in [-0.2, -0.15) is 8.42 Å². The van der Waals surface area contributed by atoms with Gasteiger partial charge in [0.2, 0.25) is 0 Å². The molecule has 0 radical (unpaired) electrons. The molecule has 33 unspecified atom stereocenters. The summed E-state index contributed by atoms with van der Waals surface area (Å²) in [5.74, 6) is -1.15. The molecule has 0 spiro atoms. The first-order valence-electron chi connectivity index (χ1n) is 29.6. The van der Waals surface area contributed by atoms with E-state index in [4.69, 9.17) is 51.6 Å². The van der Waals surface area contributed by atoms with Crippen LogP contribution in [0.5, 0.6) is 0 Å². The van der Waals surface area contributed by atoms with E-state index < -0.39 is 206 Å². The van der Waals surface area contributed by atoms with Gasteiger partial charge in [-0.25, -0.2) is 4.18 Å². The summed E-state index contributed by atoms with van der Waals surface area (Å²) in [6, 6.07) is 0. The van der Waals surface area contributed by atoms with E-state index in [2.05, 4.69) is 19.9 Å². The molecule has 5 aliphatic heterocycles. The van der Waals surface area contributed by atoms with Crippen LogP contribution in [0.3, 0.4) is 0 Å². The van der Waals surface area contributed by atoms with Crippen molar-refractivity contribution >= 4 is 16.2 Å². The van der Waals surface area contributed by atoms with Crippen LogP contribution in [-0.2, 0) is 66.7 Å². The van der Waals surface area contributed by atoms with E-state index in [0.29, 0.717) is 32.1 Å². The van der Waals surface area contributed by atoms with Crippen molar-refractivity contribution in [2.24, 2.45) is 34.5 Å². The molecule has 0 bridgehead atoms. The monoisotopic (exact) mass is 1240 g/mol. The summed E-state index contributed by atoms with van der Waals surface area (Å²) in [6.07, 6.45) is -36.1. The van der Waals surface area contributed by atoms with Gasteiger partial charge < -0.3 is 114 Å². The van der Waals surface area contributed by atoms with E-state index in [9.17, 15) is 84.1 Å². The molecule has 0 amide bonds. The molecule has 9 aliphatic rings. The number of rotatable bonds is 17. The van der Waals surface area contributed by atoms with Crippen LogP contribution >= 0.6 is 0 Å². The van der Waals surface area contributed by atoms with Gasteiger partial charge in [-0.3, -0.25) is 9.35 Å². The van der Waals surface area contributed by atoms with Crippen molar-refractivity contribution in [1.82, 2.24) is 0 Å². The van der Waals surface area contributed by atoms with E-state index in [0.717, 1.165) is 11.1 Å². The van der Waals surface area contributed by atoms with Crippen molar-refractivity contribution in [2.45, 2.75) is 272 Å². The van der Waals surface area contributed by atoms with Crippen LogP contribution in [0.25, 0.3) is 0 Å². The molecule has 29 heteroatoms. The van der Waals surface area contributed by atoms with Gasteiger partial charge in [0.15, 0.2) is 37.2 Å². The number of aliphatic hydroxyl groups excluding tert-OH is 12. The van der Waals surface area contributed by atoms with E-state index in [1.165, 1.54) is 26.8 Å². The van der Waals surface area contributed by atoms with Crippen LogP contribution in [0.15, 0.2) is 23.3 Å². The summed E-state index contributed by atoms with van der Waals surface area (Å²) in [4.78, 5) is 13.1. The Morgan fingerprint density at radius 1 is 0.647 bits per heavy atom. The molecule has 9 rings (SSSR count). The Morgan fingerprint density at radius 3 is 1.78 bits per heavy atom. The van der Waals surface area contributed by atoms with Gasteiger partial charge in [-0.05, 0) is 127 Å². The Hall–Kier alpha value is -1.90. The number of aliphatic hydroxyl groups is 13. The zero-order valence-corrected chi connectivity index (χ0v) is 49.7. The number of carbonyl (C=O) groups is 1. The Kier molecular flexibility index (Phi) is 20.6. The third kappa shape index (κ3) is 13.4. The molecule has 0 aromatic carbocycles. The predicted octanol–water partition coefficient (Wildman–Crippen LogP) is -2.76. The lowest BCUT2D eigenvalue weighted by molar-refractivity contribution is -0.398. The molecule has 28 nitrogen and oxygen atoms in total. The summed E-state index contributed by atoms with van der Waals surface area (Å²) in [5, 5.41) is 145. The minimum atomic E-state index is -4.89. The Bertz CT molecular complexity index is 2480. The molecule has 85 heavy (non-hydrogen) atoms. The van der Waals surface area contributed by atoms with Crippen molar-refractivity contribution in [2.75, 3.05) is 13.2 Å². The first kappa shape index (κ1) is 67.5. The normalized spacial score (nSPS) is 51.1. The van der Waals surface area contributed by atoms with E-state index in [1.807, 2.05) is 13.8 Å². The third-order valence-electron chi connectivity index (χ3n) is 20.1. The average molecular weight is 1240 g/mol. The molecule has 0 aromatic heterocycles. The number of hydrogen-bond acceptors (Lipinski definition) is 27. The molecular weight excluding hydrogens is 1150 g/mol. The van der Waals surface area contributed by atoms with Crippen LogP contribution in [-0.4, -0.2) is 264 Å². The SMILES string of the molecule is CC(C)=CC(=O)CC(C)(O)C1CCC2C3CC(OC4OC(C)C(O)C(OC5OCC(OC6OC(CO)C(O)C(O)C6OC6OC(C)C(O)C(O)C6O)C(O)C5OC5OC(C)C(O)C(O)C5O)C4O)C4CC(OS(=O)(=O)O)CCC4(C)C3=CCC21C. The van der Waals surface area contributed by atoms with Crippen molar-refractivity contribution in [3.8, 4) is 0 Å². The standard InChI is InChI=1S/C56H90O28S/c1-21(2)15-25(58)18-56(8,70)34-10-9-28-27-17-31(30-16-26(84-85(71,72)73)11-13-54(30,6)29(27)12-14-55(28,34)7)78-51-45(69)46(37(61)24(5)77-51)81-52-47(82-49-43(67)40(64)35(59)22(3)75-49)39(63)33(20-74-52)80-53-48(42(66)38(62)32(19-57)79-53)83-50-44(68)41(65)36(60)23(4)76-50/h12,15,22-24,26-28,30-53,57,59-70H,9-11,13-14,16-20H2,1-8H3,(H,71,72,73). The second kappa shape index (κ2) is 26.0. The molecule has 488 valence electrons. The highest BCUT2D eigenvalue weighted by Crippen LogP contribution is 2.67. The van der Waals surface area contributed by atoms with Gasteiger partial charge in [-0.1, -0.05) is 31.1 Å². The Labute approximate surface area is 493 Å². The van der Waals surface area contributed by atoms with E-state index in [1.54, 1.807) is 6.92 Å². The number of ketones is 1. The van der Waals surface area contributed by atoms with Crippen molar-refractivity contribution in [1.29, 1.82) is 0 Å². The smallest absolute Gasteiger partial charge is 0.394 e. The largest absolute Gasteiger partial charge is 0.397 e. The van der Waals surface area contributed by atoms with Gasteiger partial charge >= 0.3 is 10.4 Å². The fraction of sp³-hybridized carbons (Fsp3) is 0.911. The molecule has 3 saturated carbocycles. The summed E-state index contributed by atoms with van der Waals surface area (Å²) in [5.41, 5.74) is -0.524. The van der Waals surface area contributed by atoms with Gasteiger partial charge in [0, 0.05) is 6.42 Å². The van der Waals surface area contributed by atoms with Crippen LogP contribution < -0.4 is 0 Å². The molecule has 5 saturated heterocycles. The Balaban J connectivity index is 0.985. The minimum absolute atomic E-state index is 0.0200. The van der Waals surface area contributed by atoms with Crippen LogP contribution in [0.4, 0.5) is 0 Å². The van der Waals surface area contributed by atoms with Crippen molar-refractivity contribution in [3.63, 3.8) is 0 Å². The fourth-order valence-corrected chi connectivity index (χ4v) is 16.1. The van der Waals surface area contributed by atoms with E-state index in [-0.39, 0.29) is 42.8 Å². The van der Waals surface area contributed by atoms with Gasteiger partial charge in [-0.15, -0.1) is 0 Å². The molecule has 0 aromatic rings. The van der Waals surface area contributed by atoms with Crippen molar-refractivity contribution in [3.05, 3.63) is 23.3 Å². The predicted molar refractivity (Wildman–Crippen MR) is 286 cm³/mol. The number of carbonyl (C=O) groups excluding carboxylic acids is 1. The quantitative estimate of drug-likeness (QED) is 0.0399. The second-order valence-corrected chi connectivity index (χ2v) is 27.3. The average Bonchev–Trinajstić information content (AvgIpc) is 1.71. The van der Waals surface area contributed by atoms with Crippen LogP contribution in [0.2, 0.25) is 0 Å². The topological polar surface area (TPSA) is 436 Å². The zero-order chi connectivity index (χ0) is 62.3. The zero-order valence-electron chi connectivity index (χ0n) is 48.9. The minimum Gasteiger partial charge on any atom is -0.394 e. The highest BCUT2D eigenvalue weighted by molar-refractivity contribution is 7.80. The molecule has 8 fully saturated rings. The maximum atomic E-state index is 13.1. The number of fused-ring (bicyclic) bond motifs is 5. The van der Waals surface area contributed by atoms with Gasteiger partial charge in [0.1, 0.15) is 97.7 Å². The summed E-state index contributed by atoms with van der Waals surface area (Å²) >= 11 is 0. The maximum Gasteiger partial charge on any atom is 0.397 e. The lowest BCUT2D eigenvalue weighted by atomic mass is 9.47. The first-order chi connectivity index (χ1) is 39.7.